The van der Waals surface area contributed by atoms with E-state index in [2.05, 4.69) is 96.3 Å². The number of nitrogens with one attached hydrogen (secondary N) is 1. The van der Waals surface area contributed by atoms with Gasteiger partial charge in [-0.15, -0.1) is 10.2 Å². The molecule has 18 nitrogen and oxygen atoms in total. The molecule has 0 spiro atoms. The number of alkyl carbamates (subject to hydrolysis) is 1. The van der Waals surface area contributed by atoms with Gasteiger partial charge in [-0.3, -0.25) is 19.2 Å². The molecule has 0 bridgehead atoms. The van der Waals surface area contributed by atoms with E-state index in [1.165, 1.54) is 77.0 Å². The first-order chi connectivity index (χ1) is 44.3. The normalized spacial score (nSPS) is 34.5. The van der Waals surface area contributed by atoms with Crippen molar-refractivity contribution in [1.82, 2.24) is 39.9 Å². The van der Waals surface area contributed by atoms with Gasteiger partial charge in [-0.05, 0) is 254 Å². The van der Waals surface area contributed by atoms with E-state index in [4.69, 9.17) is 14.2 Å². The first kappa shape index (κ1) is 65.3. The van der Waals surface area contributed by atoms with Crippen molar-refractivity contribution in [3.05, 3.63) is 48.8 Å². The van der Waals surface area contributed by atoms with Crippen molar-refractivity contribution in [3.63, 3.8) is 0 Å². The number of nitrogens with zero attached hydrogens (tertiary/aromatic N) is 7. The van der Waals surface area contributed by atoms with E-state index in [1.807, 2.05) is 32.9 Å². The molecule has 18 heteroatoms. The molecule has 8 aliphatic rings. The molecule has 8 saturated carbocycles. The van der Waals surface area contributed by atoms with Gasteiger partial charge in [0.2, 0.25) is 0 Å². The molecule has 3 N–H and O–H groups in total. The number of ether oxygens (including phenoxy) is 3. The molecule has 93 heavy (non-hydrogen) atoms. The van der Waals surface area contributed by atoms with Gasteiger partial charge < -0.3 is 34.3 Å². The lowest BCUT2D eigenvalue weighted by Gasteiger charge is -2.61. The average molecular weight is 1280 g/mol. The van der Waals surface area contributed by atoms with Crippen molar-refractivity contribution in [2.24, 2.45) is 92.7 Å². The molecule has 504 valence electrons. The second-order valence-electron chi connectivity index (χ2n) is 33.0. The maximum Gasteiger partial charge on any atom is 0.407 e. The summed E-state index contributed by atoms with van der Waals surface area (Å²) in [5.74, 6) is 5.34. The third-order valence-corrected chi connectivity index (χ3v) is 27.1. The van der Waals surface area contributed by atoms with Gasteiger partial charge in [0.1, 0.15) is 42.3 Å². The molecule has 13 rings (SSSR count). The second kappa shape index (κ2) is 25.3. The van der Waals surface area contributed by atoms with Gasteiger partial charge in [-0.25, -0.2) is 14.2 Å². The Kier molecular flexibility index (Phi) is 17.8. The molecule has 18 atom stereocenters. The lowest BCUT2D eigenvalue weighted by molar-refractivity contribution is -0.164. The van der Waals surface area contributed by atoms with Crippen LogP contribution in [0, 0.1) is 92.7 Å². The largest absolute Gasteiger partial charge is 0.481 e. The van der Waals surface area contributed by atoms with Crippen molar-refractivity contribution in [2.75, 3.05) is 6.54 Å². The average Bonchev–Trinajstić information content (AvgIpc) is 1.72. The molecule has 8 aliphatic carbocycles. The van der Waals surface area contributed by atoms with E-state index in [9.17, 15) is 34.2 Å². The highest BCUT2D eigenvalue weighted by Crippen LogP contribution is 2.70. The van der Waals surface area contributed by atoms with Crippen LogP contribution in [0.25, 0.3) is 44.3 Å². The first-order valence-electron chi connectivity index (χ1n) is 36.0. The molecule has 0 aliphatic heterocycles. The number of esters is 2. The summed E-state index contributed by atoms with van der Waals surface area (Å²) in [6.45, 7) is 20.9. The molecule has 3 heterocycles. The lowest BCUT2D eigenvalue weighted by atomic mass is 9.44. The number of benzene rings is 2. The number of carboxylic acid groups (broad SMARTS) is 2. The number of hydrogen-bond donors (Lipinski definition) is 3. The quantitative estimate of drug-likeness (QED) is 0.0516. The molecular formula is C75H104N8O10. The Labute approximate surface area is 549 Å². The van der Waals surface area contributed by atoms with E-state index in [0.717, 1.165) is 96.1 Å². The van der Waals surface area contributed by atoms with E-state index >= 15 is 0 Å². The van der Waals surface area contributed by atoms with Gasteiger partial charge in [-0.1, -0.05) is 76.2 Å². The van der Waals surface area contributed by atoms with Crippen LogP contribution < -0.4 is 5.32 Å². The van der Waals surface area contributed by atoms with Crippen LogP contribution in [-0.4, -0.2) is 99.1 Å². The van der Waals surface area contributed by atoms with E-state index in [-0.39, 0.29) is 60.9 Å². The van der Waals surface area contributed by atoms with Crippen LogP contribution in [0.4, 0.5) is 4.79 Å². The zero-order valence-corrected chi connectivity index (χ0v) is 56.9. The number of carboxylic acids is 2. The summed E-state index contributed by atoms with van der Waals surface area (Å²) in [6.07, 6.45) is 25.3. The molecule has 5 aromatic rings. The third kappa shape index (κ3) is 12.5. The number of rotatable bonds is 19. The van der Waals surface area contributed by atoms with Gasteiger partial charge in [0, 0.05) is 58.9 Å². The minimum Gasteiger partial charge on any atom is -0.481 e. The topological polar surface area (TPSA) is 232 Å². The summed E-state index contributed by atoms with van der Waals surface area (Å²) in [7, 11) is 0. The molecule has 8 fully saturated rings. The Balaban J connectivity index is 0.640. The van der Waals surface area contributed by atoms with Gasteiger partial charge in [0.25, 0.3) is 0 Å². The standard InChI is InChI=1S/C75H104N8O10/c1-44(10-24-66(84)85)56-20-22-58-54-18-14-48-38-50(26-30-72(48,6)60(54)28-32-74(56,58)8)91-68(88)42-81-40-62(77-79-81)46-12-16-52-53-17-13-47(37-65(53)83(64(52)36-46)35-34-76-70(90)93-71(3,4)5)63-41-82(80-78-63)43-69(89)92-51-27-31-73(7)49(39-51)15-19-55-59-23-21-57(45(2)11-25-67(86)87)75(59,9)33-29-61(55)73/h12-13,16-17,36-37,40-41,44-45,48-51,54-61H,10-11,14-15,18-35,38-39,42-43H2,1-9H3,(H,76,90)(H,84,85)(H,86,87)/t44-,45-,48-,49-,50-,51-,54+,55+,56?,57?,58+,59+,60?,61?,72?,73?,74?,75?/m1/s1. The van der Waals surface area contributed by atoms with Crippen molar-refractivity contribution < 1.29 is 48.4 Å². The number of carbonyl (C=O) groups excluding carboxylic acids is 3. The molecule has 8 unspecified atom stereocenters. The van der Waals surface area contributed by atoms with Crippen molar-refractivity contribution >= 4 is 51.8 Å². The summed E-state index contributed by atoms with van der Waals surface area (Å²) >= 11 is 0. The Morgan fingerprint density at radius 3 is 1.44 bits per heavy atom. The van der Waals surface area contributed by atoms with Crippen LogP contribution in [0.15, 0.2) is 48.8 Å². The monoisotopic (exact) mass is 1280 g/mol. The molecule has 1 amide bonds. The maximum atomic E-state index is 13.7. The lowest BCUT2D eigenvalue weighted by Crippen LogP contribution is -2.54. The van der Waals surface area contributed by atoms with Gasteiger partial charge in [-0.2, -0.15) is 0 Å². The summed E-state index contributed by atoms with van der Waals surface area (Å²) in [4.78, 5) is 63.3. The van der Waals surface area contributed by atoms with Crippen LogP contribution in [0.1, 0.15) is 204 Å². The Bertz CT molecular complexity index is 3410. The van der Waals surface area contributed by atoms with Gasteiger partial charge in [0.15, 0.2) is 0 Å². The summed E-state index contributed by atoms with van der Waals surface area (Å²) < 4.78 is 23.5. The van der Waals surface area contributed by atoms with Crippen molar-refractivity contribution in [2.45, 2.75) is 241 Å². The molecule has 0 saturated heterocycles. The van der Waals surface area contributed by atoms with Crippen molar-refractivity contribution in [1.29, 1.82) is 0 Å². The summed E-state index contributed by atoms with van der Waals surface area (Å²) in [6, 6.07) is 12.4. The van der Waals surface area contributed by atoms with E-state index in [0.29, 0.717) is 94.5 Å². The smallest absolute Gasteiger partial charge is 0.407 e. The minimum atomic E-state index is -0.687. The minimum absolute atomic E-state index is 0.0416. The van der Waals surface area contributed by atoms with Crippen LogP contribution in [0.2, 0.25) is 0 Å². The van der Waals surface area contributed by atoms with Gasteiger partial charge in [0.05, 0.1) is 12.4 Å². The van der Waals surface area contributed by atoms with Crippen LogP contribution >= 0.6 is 0 Å². The fourth-order valence-corrected chi connectivity index (χ4v) is 22.7. The Morgan fingerprint density at radius 1 is 0.581 bits per heavy atom. The Hall–Kier alpha value is -6.33. The zero-order valence-electron chi connectivity index (χ0n) is 56.9. The predicted molar refractivity (Wildman–Crippen MR) is 354 cm³/mol. The molecule has 2 aromatic carbocycles. The fraction of sp³-hybridized carbons (Fsp3) is 0.720. The number of amides is 1. The first-order valence-corrected chi connectivity index (χ1v) is 36.0. The number of hydrogen-bond acceptors (Lipinski definition) is 12. The van der Waals surface area contributed by atoms with E-state index in [1.54, 1.807) is 21.8 Å². The molecule has 0 radical (unpaired) electrons. The second-order valence-corrected chi connectivity index (χ2v) is 33.0. The Morgan fingerprint density at radius 2 is 1.01 bits per heavy atom. The highest BCUT2D eigenvalue weighted by atomic mass is 16.6. The number of fused-ring (bicyclic) bond motifs is 13. The highest BCUT2D eigenvalue weighted by molar-refractivity contribution is 6.10. The SMILES string of the molecule is C[C@H](CCC(=O)O)C1CC[C@H]2[C@@H]3CC[C@@H]4C[C@H](OC(=O)Cn5cc(-c6ccc7c8ccc(-c9cn(CC(=O)O[C@@H]%10CCC%11(C)C%12CCC%13(C)C([C@H](C)CCC(=O)O)CC[C@H]%13[C@@H]%12CC[C@@H]%11C%10)nn9)cc8n(CCNC(=O)OC(C)(C)C)c7c6)nn5)CCC4(C)C3CCC12C. The number of carbonyl (C=O) groups is 5. The summed E-state index contributed by atoms with van der Waals surface area (Å²) in [5, 5.41) is 41.8. The zero-order chi connectivity index (χ0) is 65.5. The highest BCUT2D eigenvalue weighted by Gasteiger charge is 2.63. The van der Waals surface area contributed by atoms with Gasteiger partial charge >= 0.3 is 30.0 Å². The fourth-order valence-electron chi connectivity index (χ4n) is 22.7. The van der Waals surface area contributed by atoms with Crippen LogP contribution in [-0.2, 0) is 53.0 Å². The molecular weight excluding hydrogens is 1170 g/mol. The van der Waals surface area contributed by atoms with Crippen LogP contribution in [0.5, 0.6) is 0 Å². The predicted octanol–water partition coefficient (Wildman–Crippen LogP) is 15.0. The van der Waals surface area contributed by atoms with Crippen LogP contribution in [0.3, 0.4) is 0 Å². The summed E-state index contributed by atoms with van der Waals surface area (Å²) in [5.41, 5.74) is 5.11. The number of aliphatic carboxylic acids is 2. The maximum absolute atomic E-state index is 13.7. The third-order valence-electron chi connectivity index (χ3n) is 27.1. The molecule has 3 aromatic heterocycles. The van der Waals surface area contributed by atoms with E-state index < -0.39 is 23.6 Å². The number of aromatic nitrogens is 7. The van der Waals surface area contributed by atoms with Crippen molar-refractivity contribution in [3.8, 4) is 22.5 Å².